The van der Waals surface area contributed by atoms with E-state index >= 15 is 0 Å². The van der Waals surface area contributed by atoms with E-state index in [9.17, 15) is 14.0 Å². The number of nitrogens with one attached hydrogen (secondary N) is 2. The molecule has 34 heavy (non-hydrogen) atoms. The van der Waals surface area contributed by atoms with Crippen molar-refractivity contribution < 1.29 is 23.5 Å². The van der Waals surface area contributed by atoms with Gasteiger partial charge in [-0.1, -0.05) is 30.0 Å². The Kier molecular flexibility index (Phi) is 7.17. The van der Waals surface area contributed by atoms with E-state index in [0.717, 1.165) is 0 Å². The molecule has 10 heteroatoms. The van der Waals surface area contributed by atoms with Crippen molar-refractivity contribution in [3.8, 4) is 11.4 Å². The molecule has 0 saturated carbocycles. The molecule has 1 aromatic heterocycles. The van der Waals surface area contributed by atoms with Crippen LogP contribution in [0.2, 0.25) is 0 Å². The second-order valence-electron chi connectivity index (χ2n) is 7.27. The van der Waals surface area contributed by atoms with Crippen molar-refractivity contribution in [1.29, 1.82) is 0 Å². The highest BCUT2D eigenvalue weighted by Gasteiger charge is 2.33. The number of halogens is 1. The van der Waals surface area contributed by atoms with Gasteiger partial charge in [0.1, 0.15) is 11.6 Å². The lowest BCUT2D eigenvalue weighted by atomic mass is 9.95. The molecule has 2 aromatic carbocycles. The molecule has 0 spiro atoms. The minimum absolute atomic E-state index is 0.190. The molecular formula is C24H23FN4O4S. The highest BCUT2D eigenvalue weighted by molar-refractivity contribution is 7.99. The first kappa shape index (κ1) is 23.4. The molecule has 0 bridgehead atoms. The topological polar surface area (TPSA) is 94.5 Å². The summed E-state index contributed by atoms with van der Waals surface area (Å²) in [6.45, 7) is 1.91. The Morgan fingerprint density at radius 2 is 2.03 bits per heavy atom. The predicted molar refractivity (Wildman–Crippen MR) is 125 cm³/mol. The summed E-state index contributed by atoms with van der Waals surface area (Å²) in [7, 11) is 1.56. The molecule has 8 nitrogen and oxygen atoms in total. The van der Waals surface area contributed by atoms with Gasteiger partial charge >= 0.3 is 12.0 Å². The number of imidazole rings is 1. The first-order chi connectivity index (χ1) is 16.5. The van der Waals surface area contributed by atoms with Crippen LogP contribution in [0.5, 0.6) is 5.75 Å². The molecule has 1 unspecified atom stereocenters. The Bertz CT molecular complexity index is 1230. The van der Waals surface area contributed by atoms with Gasteiger partial charge in [-0.15, -0.1) is 0 Å². The molecule has 1 atom stereocenters. The molecule has 176 valence electrons. The number of benzene rings is 2. The van der Waals surface area contributed by atoms with Crippen molar-refractivity contribution in [1.82, 2.24) is 20.2 Å². The maximum atomic E-state index is 13.7. The number of hydrogen-bond acceptors (Lipinski definition) is 6. The highest BCUT2D eigenvalue weighted by Crippen LogP contribution is 2.31. The summed E-state index contributed by atoms with van der Waals surface area (Å²) in [4.78, 5) is 29.8. The summed E-state index contributed by atoms with van der Waals surface area (Å²) < 4.78 is 26.0. The van der Waals surface area contributed by atoms with E-state index in [1.807, 2.05) is 0 Å². The number of ether oxygens (including phenoxy) is 2. The van der Waals surface area contributed by atoms with Gasteiger partial charge in [-0.2, -0.15) is 0 Å². The minimum Gasteiger partial charge on any atom is -0.497 e. The maximum Gasteiger partial charge on any atom is 0.338 e. The van der Waals surface area contributed by atoms with Crippen LogP contribution in [0.25, 0.3) is 5.69 Å². The number of amides is 2. The van der Waals surface area contributed by atoms with Crippen molar-refractivity contribution in [2.75, 3.05) is 19.5 Å². The molecule has 0 saturated heterocycles. The Morgan fingerprint density at radius 3 is 2.74 bits per heavy atom. The van der Waals surface area contributed by atoms with Crippen molar-refractivity contribution in [2.45, 2.75) is 18.1 Å². The monoisotopic (exact) mass is 482 g/mol. The summed E-state index contributed by atoms with van der Waals surface area (Å²) in [6, 6.07) is 12.1. The van der Waals surface area contributed by atoms with Crippen molar-refractivity contribution in [3.63, 3.8) is 0 Å². The fourth-order valence-corrected chi connectivity index (χ4v) is 4.53. The quantitative estimate of drug-likeness (QED) is 0.373. The minimum atomic E-state index is -0.697. The van der Waals surface area contributed by atoms with Gasteiger partial charge in [-0.25, -0.2) is 19.0 Å². The number of esters is 1. The molecule has 0 fully saturated rings. The molecule has 2 amide bonds. The Morgan fingerprint density at radius 1 is 1.24 bits per heavy atom. The Labute approximate surface area is 200 Å². The Balaban J connectivity index is 1.66. The van der Waals surface area contributed by atoms with Crippen LogP contribution in [-0.2, 0) is 9.53 Å². The second kappa shape index (κ2) is 10.4. The smallest absolute Gasteiger partial charge is 0.338 e. The van der Waals surface area contributed by atoms with Gasteiger partial charge in [0.2, 0.25) is 0 Å². The van der Waals surface area contributed by atoms with Gasteiger partial charge in [0, 0.05) is 23.8 Å². The number of urea groups is 1. The summed E-state index contributed by atoms with van der Waals surface area (Å²) in [5.41, 5.74) is 2.05. The van der Waals surface area contributed by atoms with Crippen molar-refractivity contribution in [3.05, 3.63) is 83.6 Å². The number of rotatable bonds is 8. The number of carbonyl (C=O) groups excluding carboxylic acids is 2. The van der Waals surface area contributed by atoms with E-state index < -0.39 is 18.0 Å². The third-order valence-corrected chi connectivity index (χ3v) is 6.13. The van der Waals surface area contributed by atoms with Crippen LogP contribution in [-0.4, -0.2) is 41.0 Å². The molecule has 0 aliphatic carbocycles. The zero-order chi connectivity index (χ0) is 24.1. The lowest BCUT2D eigenvalue weighted by Gasteiger charge is -2.29. The summed E-state index contributed by atoms with van der Waals surface area (Å²) >= 11 is 1.31. The first-order valence-electron chi connectivity index (χ1n) is 10.5. The number of hydrogen-bond donors (Lipinski definition) is 2. The molecule has 2 heterocycles. The van der Waals surface area contributed by atoms with Gasteiger partial charge < -0.3 is 20.1 Å². The van der Waals surface area contributed by atoms with Gasteiger partial charge in [0.15, 0.2) is 5.16 Å². The highest BCUT2D eigenvalue weighted by atomic mass is 32.2. The van der Waals surface area contributed by atoms with Crippen LogP contribution in [0.4, 0.5) is 9.18 Å². The van der Waals surface area contributed by atoms with Crippen LogP contribution >= 0.6 is 11.8 Å². The third-order valence-electron chi connectivity index (χ3n) is 5.14. The van der Waals surface area contributed by atoms with Gasteiger partial charge in [-0.3, -0.25) is 4.57 Å². The zero-order valence-electron chi connectivity index (χ0n) is 18.6. The predicted octanol–water partition coefficient (Wildman–Crippen LogP) is 3.98. The molecule has 3 aromatic rings. The van der Waals surface area contributed by atoms with E-state index in [-0.39, 0.29) is 18.2 Å². The second-order valence-corrected chi connectivity index (χ2v) is 8.21. The van der Waals surface area contributed by atoms with Crippen LogP contribution in [0, 0.1) is 5.82 Å². The number of aromatic nitrogens is 2. The van der Waals surface area contributed by atoms with E-state index in [0.29, 0.717) is 33.4 Å². The van der Waals surface area contributed by atoms with Crippen LogP contribution in [0.3, 0.4) is 0 Å². The lowest BCUT2D eigenvalue weighted by molar-refractivity contribution is -0.139. The average molecular weight is 483 g/mol. The van der Waals surface area contributed by atoms with E-state index in [1.54, 1.807) is 67.4 Å². The fraction of sp³-hybridized carbons (Fsp3) is 0.208. The average Bonchev–Trinajstić information content (AvgIpc) is 3.31. The molecular weight excluding hydrogens is 459 g/mol. The van der Waals surface area contributed by atoms with E-state index in [4.69, 9.17) is 9.47 Å². The van der Waals surface area contributed by atoms with Crippen LogP contribution in [0.15, 0.2) is 77.4 Å². The fourth-order valence-electron chi connectivity index (χ4n) is 3.58. The number of thioether (sulfide) groups is 1. The summed E-state index contributed by atoms with van der Waals surface area (Å²) in [5, 5.41) is 6.13. The first-order valence-corrected chi connectivity index (χ1v) is 11.5. The van der Waals surface area contributed by atoms with Crippen molar-refractivity contribution >= 4 is 23.8 Å². The molecule has 0 radical (unpaired) electrons. The standard InChI is InChI=1S/C24H23FN4O4S/c1-3-33-22(30)20-19(27-23(31)28-21(20)15-7-9-18(32-2)10-8-15)14-34-24-26-11-12-29(24)17-6-4-5-16(25)13-17/h4-13,21H,3,14H2,1-2H3,(H2,27,28,31). The largest absolute Gasteiger partial charge is 0.497 e. The number of carbonyl (C=O) groups is 2. The number of nitrogens with zero attached hydrogens (tertiary/aromatic N) is 2. The third kappa shape index (κ3) is 5.07. The van der Waals surface area contributed by atoms with Gasteiger partial charge in [0.25, 0.3) is 0 Å². The van der Waals surface area contributed by atoms with Gasteiger partial charge in [-0.05, 0) is 42.8 Å². The van der Waals surface area contributed by atoms with Crippen LogP contribution < -0.4 is 15.4 Å². The van der Waals surface area contributed by atoms with E-state index in [2.05, 4.69) is 15.6 Å². The normalized spacial score (nSPS) is 15.5. The van der Waals surface area contributed by atoms with Crippen LogP contribution in [0.1, 0.15) is 18.5 Å². The molecule has 4 rings (SSSR count). The van der Waals surface area contributed by atoms with Crippen molar-refractivity contribution in [2.24, 2.45) is 0 Å². The number of methoxy groups -OCH3 is 1. The molecule has 1 aliphatic rings. The summed E-state index contributed by atoms with van der Waals surface area (Å²) in [5.74, 6) is 0.00790. The van der Waals surface area contributed by atoms with E-state index in [1.165, 1.54) is 23.9 Å². The zero-order valence-corrected chi connectivity index (χ0v) is 19.4. The maximum absolute atomic E-state index is 13.7. The SMILES string of the molecule is CCOC(=O)C1=C(CSc2nccn2-c2cccc(F)c2)NC(=O)NC1c1ccc(OC)cc1. The summed E-state index contributed by atoms with van der Waals surface area (Å²) in [6.07, 6.45) is 3.33. The molecule has 2 N–H and O–H groups in total. The Hall–Kier alpha value is -3.79. The molecule has 1 aliphatic heterocycles. The lowest BCUT2D eigenvalue weighted by Crippen LogP contribution is -2.46. The van der Waals surface area contributed by atoms with Gasteiger partial charge in [0.05, 0.1) is 31.0 Å².